The standard InChI is InChI=1S/C10H17F3N2O2/c1-15(17-2)9(16)5-7-3-4-8(14-6-7)10(11,12)13/h7-8,14H,3-6H2,1-2H3/t7-,8+/m1/s1. The monoisotopic (exact) mass is 254 g/mol. The van der Waals surface area contributed by atoms with Crippen LogP contribution in [0.15, 0.2) is 0 Å². The number of carbonyl (C=O) groups is 1. The zero-order chi connectivity index (χ0) is 13.1. The molecule has 0 unspecified atom stereocenters. The predicted molar refractivity (Wildman–Crippen MR) is 55.0 cm³/mol. The van der Waals surface area contributed by atoms with Crippen LogP contribution < -0.4 is 5.32 Å². The van der Waals surface area contributed by atoms with Crippen LogP contribution in [0.4, 0.5) is 13.2 Å². The molecule has 2 atom stereocenters. The summed E-state index contributed by atoms with van der Waals surface area (Å²) in [5.74, 6) is -0.275. The molecule has 7 heteroatoms. The first-order valence-electron chi connectivity index (χ1n) is 5.45. The molecule has 0 saturated carbocycles. The van der Waals surface area contributed by atoms with Gasteiger partial charge >= 0.3 is 6.18 Å². The van der Waals surface area contributed by atoms with Gasteiger partial charge in [0.2, 0.25) is 5.91 Å². The normalized spacial score (nSPS) is 25.7. The minimum Gasteiger partial charge on any atom is -0.306 e. The van der Waals surface area contributed by atoms with Gasteiger partial charge in [0.05, 0.1) is 7.11 Å². The van der Waals surface area contributed by atoms with Crippen molar-refractivity contribution in [1.82, 2.24) is 10.4 Å². The highest BCUT2D eigenvalue weighted by Crippen LogP contribution is 2.29. The molecule has 1 saturated heterocycles. The average Bonchev–Trinajstić information content (AvgIpc) is 2.27. The van der Waals surface area contributed by atoms with E-state index in [0.29, 0.717) is 6.42 Å². The summed E-state index contributed by atoms with van der Waals surface area (Å²) < 4.78 is 37.1. The van der Waals surface area contributed by atoms with E-state index in [-0.39, 0.29) is 31.2 Å². The summed E-state index contributed by atoms with van der Waals surface area (Å²) in [5, 5.41) is 3.53. The number of nitrogens with one attached hydrogen (secondary N) is 1. The summed E-state index contributed by atoms with van der Waals surface area (Å²) in [6.07, 6.45) is -3.56. The van der Waals surface area contributed by atoms with Gasteiger partial charge in [-0.2, -0.15) is 13.2 Å². The topological polar surface area (TPSA) is 41.6 Å². The number of halogens is 3. The summed E-state index contributed by atoms with van der Waals surface area (Å²) in [6, 6.07) is -1.44. The van der Waals surface area contributed by atoms with E-state index in [2.05, 4.69) is 5.32 Å². The van der Waals surface area contributed by atoms with Gasteiger partial charge in [0, 0.05) is 13.5 Å². The maximum atomic E-state index is 12.4. The fourth-order valence-electron chi connectivity index (χ4n) is 1.85. The van der Waals surface area contributed by atoms with E-state index in [1.807, 2.05) is 0 Å². The van der Waals surface area contributed by atoms with E-state index in [9.17, 15) is 18.0 Å². The van der Waals surface area contributed by atoms with Crippen LogP contribution in [0, 0.1) is 5.92 Å². The first kappa shape index (κ1) is 14.2. The fraction of sp³-hybridized carbons (Fsp3) is 0.900. The molecule has 0 spiro atoms. The molecular formula is C10H17F3N2O2. The van der Waals surface area contributed by atoms with E-state index in [4.69, 9.17) is 4.84 Å². The molecule has 1 fully saturated rings. The van der Waals surface area contributed by atoms with Crippen LogP contribution in [-0.4, -0.2) is 43.9 Å². The molecule has 1 aliphatic rings. The number of amides is 1. The van der Waals surface area contributed by atoms with Gasteiger partial charge in [0.1, 0.15) is 6.04 Å². The Morgan fingerprint density at radius 3 is 2.53 bits per heavy atom. The first-order chi connectivity index (χ1) is 7.84. The van der Waals surface area contributed by atoms with E-state index >= 15 is 0 Å². The Balaban J connectivity index is 2.35. The second-order valence-corrected chi connectivity index (χ2v) is 4.22. The van der Waals surface area contributed by atoms with Crippen LogP contribution in [0.3, 0.4) is 0 Å². The van der Waals surface area contributed by atoms with Crippen molar-refractivity contribution < 1.29 is 22.8 Å². The Labute approximate surface area is 98.1 Å². The molecule has 0 radical (unpaired) electrons. The summed E-state index contributed by atoms with van der Waals surface area (Å²) in [7, 11) is 2.85. The van der Waals surface area contributed by atoms with E-state index in [1.165, 1.54) is 14.2 Å². The van der Waals surface area contributed by atoms with Gasteiger partial charge in [-0.25, -0.2) is 5.06 Å². The number of hydrogen-bond acceptors (Lipinski definition) is 3. The zero-order valence-electron chi connectivity index (χ0n) is 9.88. The molecule has 0 aromatic heterocycles. The molecule has 0 aromatic rings. The number of piperidine rings is 1. The fourth-order valence-corrected chi connectivity index (χ4v) is 1.85. The lowest BCUT2D eigenvalue weighted by Gasteiger charge is -2.31. The molecule has 0 aromatic carbocycles. The molecule has 4 nitrogen and oxygen atoms in total. The van der Waals surface area contributed by atoms with Crippen LogP contribution in [0.1, 0.15) is 19.3 Å². The summed E-state index contributed by atoms with van der Waals surface area (Å²) in [6.45, 7) is 0.216. The van der Waals surface area contributed by atoms with Gasteiger partial charge in [-0.15, -0.1) is 0 Å². The van der Waals surface area contributed by atoms with Gasteiger partial charge < -0.3 is 5.32 Å². The Hall–Kier alpha value is -0.820. The van der Waals surface area contributed by atoms with E-state index < -0.39 is 12.2 Å². The minimum atomic E-state index is -4.20. The lowest BCUT2D eigenvalue weighted by molar-refractivity contribution is -0.171. The molecule has 1 aliphatic heterocycles. The zero-order valence-corrected chi connectivity index (χ0v) is 9.88. The third-order valence-corrected chi connectivity index (χ3v) is 3.00. The molecule has 0 bridgehead atoms. The van der Waals surface area contributed by atoms with Gasteiger partial charge in [0.15, 0.2) is 0 Å². The van der Waals surface area contributed by atoms with Crippen molar-refractivity contribution in [3.05, 3.63) is 0 Å². The van der Waals surface area contributed by atoms with Gasteiger partial charge in [-0.1, -0.05) is 0 Å². The van der Waals surface area contributed by atoms with Crippen molar-refractivity contribution in [2.24, 2.45) is 5.92 Å². The lowest BCUT2D eigenvalue weighted by Crippen LogP contribution is -2.48. The Kier molecular flexibility index (Phi) is 4.76. The minimum absolute atomic E-state index is 0.0259. The van der Waals surface area contributed by atoms with Gasteiger partial charge in [-0.05, 0) is 25.3 Å². The largest absolute Gasteiger partial charge is 0.403 e. The average molecular weight is 254 g/mol. The van der Waals surface area contributed by atoms with Crippen molar-refractivity contribution in [2.75, 3.05) is 20.7 Å². The quantitative estimate of drug-likeness (QED) is 0.772. The van der Waals surface area contributed by atoms with E-state index in [1.54, 1.807) is 0 Å². The number of alkyl halides is 3. The van der Waals surface area contributed by atoms with Crippen LogP contribution in [-0.2, 0) is 9.63 Å². The van der Waals surface area contributed by atoms with Crippen LogP contribution in [0.5, 0.6) is 0 Å². The smallest absolute Gasteiger partial charge is 0.306 e. The highest BCUT2D eigenvalue weighted by Gasteiger charge is 2.41. The van der Waals surface area contributed by atoms with Crippen LogP contribution >= 0.6 is 0 Å². The second kappa shape index (κ2) is 5.68. The highest BCUT2D eigenvalue weighted by molar-refractivity contribution is 5.75. The van der Waals surface area contributed by atoms with Crippen LogP contribution in [0.25, 0.3) is 0 Å². The number of hydrogen-bond donors (Lipinski definition) is 1. The molecule has 1 heterocycles. The number of carbonyl (C=O) groups excluding carboxylic acids is 1. The Bertz CT molecular complexity index is 263. The van der Waals surface area contributed by atoms with Gasteiger partial charge in [-0.3, -0.25) is 9.63 Å². The third-order valence-electron chi connectivity index (χ3n) is 3.00. The number of rotatable bonds is 3. The highest BCUT2D eigenvalue weighted by atomic mass is 19.4. The molecular weight excluding hydrogens is 237 g/mol. The molecule has 1 rings (SSSR count). The summed E-state index contributed by atoms with van der Waals surface area (Å²) in [4.78, 5) is 16.2. The van der Waals surface area contributed by atoms with E-state index in [0.717, 1.165) is 5.06 Å². The second-order valence-electron chi connectivity index (χ2n) is 4.22. The van der Waals surface area contributed by atoms with Crippen molar-refractivity contribution in [2.45, 2.75) is 31.5 Å². The number of hydroxylamine groups is 2. The maximum Gasteiger partial charge on any atom is 0.403 e. The predicted octanol–water partition coefficient (Wildman–Crippen LogP) is 1.33. The number of nitrogens with zero attached hydrogens (tertiary/aromatic N) is 1. The molecule has 1 amide bonds. The molecule has 1 N–H and O–H groups in total. The molecule has 100 valence electrons. The van der Waals surface area contributed by atoms with Crippen LogP contribution in [0.2, 0.25) is 0 Å². The molecule has 17 heavy (non-hydrogen) atoms. The van der Waals surface area contributed by atoms with Crippen molar-refractivity contribution in [3.63, 3.8) is 0 Å². The third kappa shape index (κ3) is 4.16. The first-order valence-corrected chi connectivity index (χ1v) is 5.45. The lowest BCUT2D eigenvalue weighted by atomic mass is 9.91. The Morgan fingerprint density at radius 1 is 1.47 bits per heavy atom. The summed E-state index contributed by atoms with van der Waals surface area (Å²) in [5.41, 5.74) is 0. The maximum absolute atomic E-state index is 12.4. The van der Waals surface area contributed by atoms with Crippen molar-refractivity contribution in [3.8, 4) is 0 Å². The summed E-state index contributed by atoms with van der Waals surface area (Å²) >= 11 is 0. The van der Waals surface area contributed by atoms with Crippen molar-refractivity contribution in [1.29, 1.82) is 0 Å². The Morgan fingerprint density at radius 2 is 2.12 bits per heavy atom. The molecule has 0 aliphatic carbocycles. The van der Waals surface area contributed by atoms with Crippen molar-refractivity contribution >= 4 is 5.91 Å². The SMILES string of the molecule is CON(C)C(=O)C[C@H]1CC[C@@H](C(F)(F)F)NC1. The van der Waals surface area contributed by atoms with Gasteiger partial charge in [0.25, 0.3) is 0 Å².